The van der Waals surface area contributed by atoms with Gasteiger partial charge in [0.1, 0.15) is 6.29 Å². The van der Waals surface area contributed by atoms with Gasteiger partial charge in [-0.25, -0.2) is 9.59 Å². The number of amides is 4. The molecule has 1 unspecified atom stereocenters. The molecule has 0 saturated carbocycles. The number of benzene rings is 2. The van der Waals surface area contributed by atoms with E-state index >= 15 is 0 Å². The largest absolute Gasteiger partial charge is 0.347 e. The SMILES string of the molecule is CC1(C)C(N(O)C(=O)Nc2ccc(Cl)cc2)N(c2ccc(Cl)cc2)C(=O)N1CC=O. The first-order valence-corrected chi connectivity index (χ1v) is 9.77. The molecule has 0 aliphatic carbocycles. The van der Waals surface area contributed by atoms with Gasteiger partial charge in [0.05, 0.1) is 12.1 Å². The zero-order valence-corrected chi connectivity index (χ0v) is 17.8. The lowest BCUT2D eigenvalue weighted by atomic mass is 10.00. The van der Waals surface area contributed by atoms with E-state index in [1.54, 1.807) is 62.4 Å². The van der Waals surface area contributed by atoms with Crippen molar-refractivity contribution in [3.05, 3.63) is 58.6 Å². The minimum Gasteiger partial charge on any atom is -0.308 e. The predicted molar refractivity (Wildman–Crippen MR) is 114 cm³/mol. The van der Waals surface area contributed by atoms with E-state index in [-0.39, 0.29) is 6.54 Å². The van der Waals surface area contributed by atoms with E-state index in [0.717, 1.165) is 0 Å². The van der Waals surface area contributed by atoms with E-state index in [4.69, 9.17) is 23.2 Å². The van der Waals surface area contributed by atoms with Crippen LogP contribution in [0.15, 0.2) is 48.5 Å². The van der Waals surface area contributed by atoms with Gasteiger partial charge in [-0.1, -0.05) is 23.2 Å². The second-order valence-electron chi connectivity index (χ2n) is 7.22. The number of aldehydes is 1. The molecule has 4 amide bonds. The molecule has 30 heavy (non-hydrogen) atoms. The Balaban J connectivity index is 1.96. The number of nitrogens with one attached hydrogen (secondary N) is 1. The van der Waals surface area contributed by atoms with Crippen LogP contribution in [0.25, 0.3) is 0 Å². The molecule has 1 aliphatic rings. The summed E-state index contributed by atoms with van der Waals surface area (Å²) in [5.41, 5.74) is -0.272. The quantitative estimate of drug-likeness (QED) is 0.399. The zero-order chi connectivity index (χ0) is 22.1. The first-order valence-electron chi connectivity index (χ1n) is 9.01. The van der Waals surface area contributed by atoms with Gasteiger partial charge in [0.2, 0.25) is 0 Å². The van der Waals surface area contributed by atoms with Gasteiger partial charge in [0.15, 0.2) is 6.17 Å². The molecule has 0 radical (unpaired) electrons. The van der Waals surface area contributed by atoms with Crippen molar-refractivity contribution in [3.63, 3.8) is 0 Å². The van der Waals surface area contributed by atoms with E-state index in [0.29, 0.717) is 32.8 Å². The highest BCUT2D eigenvalue weighted by atomic mass is 35.5. The summed E-state index contributed by atoms with van der Waals surface area (Å²) in [5, 5.41) is 14.8. The molecular formula is C20H20Cl2N4O4. The van der Waals surface area contributed by atoms with Gasteiger partial charge in [0, 0.05) is 21.4 Å². The standard InChI is InChI=1S/C20H20Cl2N4O4/c1-20(2)17(26(30)18(28)23-15-7-3-13(21)4-8-15)25(19(29)24(20)11-12-27)16-9-5-14(22)6-10-16/h3-10,12,17,30H,11H2,1-2H3,(H,23,28). The molecule has 10 heteroatoms. The molecule has 0 aromatic heterocycles. The minimum absolute atomic E-state index is 0.195. The van der Waals surface area contributed by atoms with Gasteiger partial charge in [-0.15, -0.1) is 0 Å². The topological polar surface area (TPSA) is 93.2 Å². The molecule has 8 nitrogen and oxygen atoms in total. The molecule has 1 fully saturated rings. The summed E-state index contributed by atoms with van der Waals surface area (Å²) < 4.78 is 0. The molecule has 0 spiro atoms. The molecule has 2 aromatic carbocycles. The maximum absolute atomic E-state index is 13.1. The summed E-state index contributed by atoms with van der Waals surface area (Å²) in [6, 6.07) is 11.3. The van der Waals surface area contributed by atoms with Gasteiger partial charge < -0.3 is 15.0 Å². The van der Waals surface area contributed by atoms with Crippen LogP contribution in [0.5, 0.6) is 0 Å². The Labute approximate surface area is 183 Å². The van der Waals surface area contributed by atoms with Crippen molar-refractivity contribution in [1.82, 2.24) is 9.96 Å². The summed E-state index contributed by atoms with van der Waals surface area (Å²) >= 11 is 11.8. The Bertz CT molecular complexity index is 950. The van der Waals surface area contributed by atoms with Crippen molar-refractivity contribution in [2.24, 2.45) is 0 Å². The number of carbonyl (C=O) groups is 3. The lowest BCUT2D eigenvalue weighted by Gasteiger charge is -2.38. The number of urea groups is 2. The van der Waals surface area contributed by atoms with Crippen LogP contribution in [0.4, 0.5) is 21.0 Å². The number of carbonyl (C=O) groups excluding carboxylic acids is 3. The molecule has 1 aliphatic heterocycles. The number of hydroxylamine groups is 2. The summed E-state index contributed by atoms with van der Waals surface area (Å²) in [6.45, 7) is 3.13. The number of hydrogen-bond donors (Lipinski definition) is 2. The monoisotopic (exact) mass is 450 g/mol. The van der Waals surface area contributed by atoms with Crippen molar-refractivity contribution in [2.45, 2.75) is 25.6 Å². The third-order valence-electron chi connectivity index (χ3n) is 4.91. The lowest BCUT2D eigenvalue weighted by Crippen LogP contribution is -2.58. The first kappa shape index (κ1) is 21.9. The summed E-state index contributed by atoms with van der Waals surface area (Å²) in [4.78, 5) is 39.6. The highest BCUT2D eigenvalue weighted by Crippen LogP contribution is 2.38. The summed E-state index contributed by atoms with van der Waals surface area (Å²) in [7, 11) is 0. The number of halogens is 2. The van der Waals surface area contributed by atoms with Crippen molar-refractivity contribution in [1.29, 1.82) is 0 Å². The Morgan fingerprint density at radius 3 is 2.20 bits per heavy atom. The molecule has 1 heterocycles. The van der Waals surface area contributed by atoms with E-state index in [2.05, 4.69) is 5.32 Å². The van der Waals surface area contributed by atoms with Crippen LogP contribution in [-0.2, 0) is 4.79 Å². The predicted octanol–water partition coefficient (Wildman–Crippen LogP) is 4.46. The Morgan fingerprint density at radius 2 is 1.67 bits per heavy atom. The number of hydrogen-bond acceptors (Lipinski definition) is 4. The molecule has 3 rings (SSSR count). The molecular weight excluding hydrogens is 431 g/mol. The van der Waals surface area contributed by atoms with Gasteiger partial charge in [-0.2, -0.15) is 5.06 Å². The maximum Gasteiger partial charge on any atom is 0.347 e. The average molecular weight is 451 g/mol. The molecule has 0 bridgehead atoms. The normalized spacial score (nSPS) is 17.8. The highest BCUT2D eigenvalue weighted by molar-refractivity contribution is 6.31. The maximum atomic E-state index is 13.1. The van der Waals surface area contributed by atoms with Crippen molar-refractivity contribution in [3.8, 4) is 0 Å². The van der Waals surface area contributed by atoms with Crippen LogP contribution in [0, 0.1) is 0 Å². The number of rotatable bonds is 5. The highest BCUT2D eigenvalue weighted by Gasteiger charge is 2.55. The van der Waals surface area contributed by atoms with Gasteiger partial charge in [-0.3, -0.25) is 10.1 Å². The van der Waals surface area contributed by atoms with Crippen molar-refractivity contribution in [2.75, 3.05) is 16.8 Å². The van der Waals surface area contributed by atoms with Crippen LogP contribution in [-0.4, -0.2) is 51.8 Å². The fraction of sp³-hybridized carbons (Fsp3) is 0.250. The van der Waals surface area contributed by atoms with Crippen LogP contribution in [0.1, 0.15) is 13.8 Å². The third kappa shape index (κ3) is 4.07. The lowest BCUT2D eigenvalue weighted by molar-refractivity contribution is -0.112. The second-order valence-corrected chi connectivity index (χ2v) is 8.09. The van der Waals surface area contributed by atoms with E-state index in [9.17, 15) is 19.6 Å². The fourth-order valence-electron chi connectivity index (χ4n) is 3.41. The average Bonchev–Trinajstić information content (AvgIpc) is 2.90. The van der Waals surface area contributed by atoms with Crippen LogP contribution in [0.2, 0.25) is 10.0 Å². The minimum atomic E-state index is -1.13. The Kier molecular flexibility index (Phi) is 6.21. The summed E-state index contributed by atoms with van der Waals surface area (Å²) in [6.07, 6.45) is -0.532. The Morgan fingerprint density at radius 1 is 1.13 bits per heavy atom. The molecule has 2 aromatic rings. The van der Waals surface area contributed by atoms with Crippen molar-refractivity contribution < 1.29 is 19.6 Å². The van der Waals surface area contributed by atoms with Gasteiger partial charge >= 0.3 is 12.1 Å². The van der Waals surface area contributed by atoms with E-state index in [1.807, 2.05) is 0 Å². The first-order chi connectivity index (χ1) is 14.2. The van der Waals surface area contributed by atoms with Gasteiger partial charge in [-0.05, 0) is 62.4 Å². The fourth-order valence-corrected chi connectivity index (χ4v) is 3.66. The number of anilines is 2. The van der Waals surface area contributed by atoms with Gasteiger partial charge in [0.25, 0.3) is 0 Å². The molecule has 2 N–H and O–H groups in total. The van der Waals surface area contributed by atoms with E-state index in [1.165, 1.54) is 9.80 Å². The number of nitrogens with zero attached hydrogens (tertiary/aromatic N) is 3. The van der Waals surface area contributed by atoms with Crippen LogP contribution >= 0.6 is 23.2 Å². The molecule has 158 valence electrons. The van der Waals surface area contributed by atoms with Crippen LogP contribution in [0.3, 0.4) is 0 Å². The van der Waals surface area contributed by atoms with E-state index < -0.39 is 23.8 Å². The van der Waals surface area contributed by atoms with Crippen molar-refractivity contribution >= 4 is 52.9 Å². The Hall–Kier alpha value is -2.81. The summed E-state index contributed by atoms with van der Waals surface area (Å²) in [5.74, 6) is 0. The third-order valence-corrected chi connectivity index (χ3v) is 5.41. The second kappa shape index (κ2) is 8.51. The zero-order valence-electron chi connectivity index (χ0n) is 16.3. The smallest absolute Gasteiger partial charge is 0.308 e. The molecule has 1 atom stereocenters. The van der Waals surface area contributed by atoms with Crippen LogP contribution < -0.4 is 10.2 Å². The molecule has 1 saturated heterocycles.